The zero-order chi connectivity index (χ0) is 12.4. The van der Waals surface area contributed by atoms with Crippen molar-refractivity contribution in [1.29, 1.82) is 0 Å². The summed E-state index contributed by atoms with van der Waals surface area (Å²) in [5.74, 6) is 0.806. The molecule has 1 saturated carbocycles. The lowest BCUT2D eigenvalue weighted by molar-refractivity contribution is 0.215. The van der Waals surface area contributed by atoms with Gasteiger partial charge < -0.3 is 5.73 Å². The molecule has 0 bridgehead atoms. The van der Waals surface area contributed by atoms with Crippen molar-refractivity contribution in [3.63, 3.8) is 0 Å². The van der Waals surface area contributed by atoms with Crippen molar-refractivity contribution in [2.45, 2.75) is 25.4 Å². The Morgan fingerprint density at radius 1 is 1.53 bits per heavy atom. The molecule has 1 atom stereocenters. The molecular formula is C13H18BrClN2. The van der Waals surface area contributed by atoms with Gasteiger partial charge >= 0.3 is 0 Å². The molecule has 1 aliphatic rings. The average molecular weight is 318 g/mol. The van der Waals surface area contributed by atoms with Crippen LogP contribution in [0.5, 0.6) is 0 Å². The van der Waals surface area contributed by atoms with E-state index in [9.17, 15) is 0 Å². The highest BCUT2D eigenvalue weighted by atomic mass is 79.9. The van der Waals surface area contributed by atoms with Gasteiger partial charge in [-0.2, -0.15) is 0 Å². The summed E-state index contributed by atoms with van der Waals surface area (Å²) < 4.78 is 0.959. The third-order valence-corrected chi connectivity index (χ3v) is 4.60. The highest BCUT2D eigenvalue weighted by Crippen LogP contribution is 2.35. The first kappa shape index (κ1) is 13.3. The number of nitrogens with zero attached hydrogens (tertiary/aromatic N) is 1. The van der Waals surface area contributed by atoms with Gasteiger partial charge in [-0.1, -0.05) is 17.7 Å². The highest BCUT2D eigenvalue weighted by Gasteiger charge is 2.32. The van der Waals surface area contributed by atoms with Gasteiger partial charge in [0.1, 0.15) is 0 Å². The number of nitrogens with two attached hydrogens (primary N) is 1. The summed E-state index contributed by atoms with van der Waals surface area (Å²) in [7, 11) is 2.15. The van der Waals surface area contributed by atoms with Crippen molar-refractivity contribution >= 4 is 27.5 Å². The van der Waals surface area contributed by atoms with Crippen LogP contribution in [0.2, 0.25) is 5.02 Å². The Kier molecular flexibility index (Phi) is 4.47. The summed E-state index contributed by atoms with van der Waals surface area (Å²) in [4.78, 5) is 2.35. The fourth-order valence-corrected chi connectivity index (χ4v) is 2.80. The van der Waals surface area contributed by atoms with Gasteiger partial charge in [-0.25, -0.2) is 0 Å². The van der Waals surface area contributed by atoms with E-state index in [0.29, 0.717) is 6.04 Å². The van der Waals surface area contributed by atoms with Crippen LogP contribution in [0, 0.1) is 5.92 Å². The van der Waals surface area contributed by atoms with Gasteiger partial charge in [-0.3, -0.25) is 4.90 Å². The fraction of sp³-hybridized carbons (Fsp3) is 0.538. The molecule has 0 heterocycles. The van der Waals surface area contributed by atoms with E-state index < -0.39 is 0 Å². The molecule has 1 aliphatic carbocycles. The maximum Gasteiger partial charge on any atom is 0.0548 e. The zero-order valence-electron chi connectivity index (χ0n) is 10.00. The van der Waals surface area contributed by atoms with Crippen LogP contribution < -0.4 is 5.73 Å². The predicted molar refractivity (Wildman–Crippen MR) is 76.2 cm³/mol. The predicted octanol–water partition coefficient (Wildman–Crippen LogP) is 3.27. The number of benzene rings is 1. The Bertz CT molecular complexity index is 393. The van der Waals surface area contributed by atoms with E-state index >= 15 is 0 Å². The Hall–Kier alpha value is -0.0900. The van der Waals surface area contributed by atoms with Crippen molar-refractivity contribution in [2.24, 2.45) is 11.7 Å². The van der Waals surface area contributed by atoms with Gasteiger partial charge in [-0.15, -0.1) is 0 Å². The van der Waals surface area contributed by atoms with Gasteiger partial charge in [-0.05, 0) is 59.4 Å². The van der Waals surface area contributed by atoms with E-state index in [0.717, 1.165) is 28.5 Å². The molecule has 17 heavy (non-hydrogen) atoms. The van der Waals surface area contributed by atoms with Crippen LogP contribution >= 0.6 is 27.5 Å². The Balaban J connectivity index is 2.01. The summed E-state index contributed by atoms with van der Waals surface area (Å²) in [5.41, 5.74) is 7.12. The quantitative estimate of drug-likeness (QED) is 0.903. The number of rotatable bonds is 5. The van der Waals surface area contributed by atoms with E-state index in [-0.39, 0.29) is 0 Å². The van der Waals surface area contributed by atoms with Gasteiger partial charge in [0.2, 0.25) is 0 Å². The molecule has 1 fully saturated rings. The van der Waals surface area contributed by atoms with Crippen molar-refractivity contribution in [2.75, 3.05) is 13.6 Å². The molecule has 0 radical (unpaired) electrons. The lowest BCUT2D eigenvalue weighted by Crippen LogP contribution is -2.39. The molecule has 1 aromatic carbocycles. The van der Waals surface area contributed by atoms with Crippen LogP contribution in [-0.2, 0) is 6.54 Å². The van der Waals surface area contributed by atoms with Gasteiger partial charge in [0.05, 0.1) is 5.02 Å². The summed E-state index contributed by atoms with van der Waals surface area (Å²) >= 11 is 9.44. The largest absolute Gasteiger partial charge is 0.329 e. The molecule has 94 valence electrons. The monoisotopic (exact) mass is 316 g/mol. The normalized spacial score (nSPS) is 17.5. The average Bonchev–Trinajstić information content (AvgIpc) is 3.09. The summed E-state index contributed by atoms with van der Waals surface area (Å²) in [6.07, 6.45) is 2.66. The second-order valence-electron chi connectivity index (χ2n) is 4.80. The minimum absolute atomic E-state index is 0.518. The Labute approximate surface area is 116 Å². The molecule has 0 spiro atoms. The van der Waals surface area contributed by atoms with Crippen LogP contribution in [0.3, 0.4) is 0 Å². The maximum absolute atomic E-state index is 5.99. The lowest BCUT2D eigenvalue weighted by Gasteiger charge is -2.27. The van der Waals surface area contributed by atoms with Crippen LogP contribution in [0.15, 0.2) is 22.7 Å². The van der Waals surface area contributed by atoms with Crippen molar-refractivity contribution in [3.05, 3.63) is 33.3 Å². The molecule has 1 unspecified atom stereocenters. The third-order valence-electron chi connectivity index (χ3n) is 3.39. The van der Waals surface area contributed by atoms with E-state index in [4.69, 9.17) is 17.3 Å². The number of halogens is 2. The molecule has 2 N–H and O–H groups in total. The second-order valence-corrected chi connectivity index (χ2v) is 6.07. The summed E-state index contributed by atoms with van der Waals surface area (Å²) in [6, 6.07) is 6.61. The third kappa shape index (κ3) is 3.44. The van der Waals surface area contributed by atoms with E-state index in [2.05, 4.69) is 40.0 Å². The lowest BCUT2D eigenvalue weighted by atomic mass is 10.1. The number of likely N-dealkylation sites (N-methyl/N-ethyl adjacent to an activating group) is 1. The SMILES string of the molecule is CN(Cc1ccc(Cl)c(Br)c1)C(CN)C1CC1. The van der Waals surface area contributed by atoms with Crippen molar-refractivity contribution < 1.29 is 0 Å². The number of hydrogen-bond acceptors (Lipinski definition) is 2. The van der Waals surface area contributed by atoms with Crippen molar-refractivity contribution in [1.82, 2.24) is 4.90 Å². The minimum Gasteiger partial charge on any atom is -0.329 e. The molecule has 1 aromatic rings. The molecular weight excluding hydrogens is 300 g/mol. The number of hydrogen-bond donors (Lipinski definition) is 1. The zero-order valence-corrected chi connectivity index (χ0v) is 12.3. The van der Waals surface area contributed by atoms with E-state index in [1.165, 1.54) is 18.4 Å². The van der Waals surface area contributed by atoms with Crippen LogP contribution in [0.1, 0.15) is 18.4 Å². The van der Waals surface area contributed by atoms with Crippen LogP contribution in [0.4, 0.5) is 0 Å². The molecule has 0 aromatic heterocycles. The molecule has 0 saturated heterocycles. The van der Waals surface area contributed by atoms with E-state index in [1.54, 1.807) is 0 Å². The molecule has 0 aliphatic heterocycles. The van der Waals surface area contributed by atoms with Crippen LogP contribution in [-0.4, -0.2) is 24.5 Å². The van der Waals surface area contributed by atoms with E-state index in [1.807, 2.05) is 6.07 Å². The van der Waals surface area contributed by atoms with Crippen molar-refractivity contribution in [3.8, 4) is 0 Å². The fourth-order valence-electron chi connectivity index (χ4n) is 2.26. The summed E-state index contributed by atoms with van der Waals surface area (Å²) in [5, 5.41) is 0.758. The van der Waals surface area contributed by atoms with Gasteiger partial charge in [0.15, 0.2) is 0 Å². The molecule has 0 amide bonds. The minimum atomic E-state index is 0.518. The Morgan fingerprint density at radius 3 is 2.76 bits per heavy atom. The van der Waals surface area contributed by atoms with Gasteiger partial charge in [0, 0.05) is 23.6 Å². The smallest absolute Gasteiger partial charge is 0.0548 e. The highest BCUT2D eigenvalue weighted by molar-refractivity contribution is 9.10. The first-order chi connectivity index (χ1) is 8.11. The summed E-state index contributed by atoms with van der Waals surface area (Å²) in [6.45, 7) is 1.67. The molecule has 4 heteroatoms. The standard InChI is InChI=1S/C13H18BrClN2/c1-17(13(7-16)10-3-4-10)8-9-2-5-12(15)11(14)6-9/h2,5-6,10,13H,3-4,7-8,16H2,1H3. The topological polar surface area (TPSA) is 29.3 Å². The first-order valence-corrected chi connectivity index (χ1v) is 7.13. The second kappa shape index (κ2) is 5.70. The van der Waals surface area contributed by atoms with Crippen LogP contribution in [0.25, 0.3) is 0 Å². The molecule has 2 nitrogen and oxygen atoms in total. The molecule has 2 rings (SSSR count). The Morgan fingerprint density at radius 2 is 2.24 bits per heavy atom. The maximum atomic E-state index is 5.99. The first-order valence-electron chi connectivity index (χ1n) is 5.96. The van der Waals surface area contributed by atoms with Gasteiger partial charge in [0.25, 0.3) is 0 Å².